The van der Waals surface area contributed by atoms with Crippen LogP contribution < -0.4 is 5.73 Å². The average molecular weight is 280 g/mol. The fraction of sp³-hybridized carbons (Fsp3) is 0.875. The van der Waals surface area contributed by atoms with Crippen molar-refractivity contribution in [2.24, 2.45) is 17.1 Å². The summed E-state index contributed by atoms with van der Waals surface area (Å²) in [6.45, 7) is 6.32. The van der Waals surface area contributed by atoms with Gasteiger partial charge >= 0.3 is 0 Å². The average Bonchev–Trinajstić information content (AvgIpc) is 2.37. The third-order valence-electron chi connectivity index (χ3n) is 5.63. The third-order valence-corrected chi connectivity index (χ3v) is 5.63. The van der Waals surface area contributed by atoms with Gasteiger partial charge in [0.25, 0.3) is 0 Å². The van der Waals surface area contributed by atoms with Gasteiger partial charge in [0.05, 0.1) is 5.54 Å². The van der Waals surface area contributed by atoms with Crippen LogP contribution in [-0.4, -0.2) is 28.8 Å². The Morgan fingerprint density at radius 2 is 1.65 bits per heavy atom. The first kappa shape index (κ1) is 15.5. The van der Waals surface area contributed by atoms with Crippen molar-refractivity contribution in [3.05, 3.63) is 0 Å². The molecule has 114 valence electrons. The molecule has 2 N–H and O–H groups in total. The number of likely N-dealkylation sites (tertiary alicyclic amines) is 1. The van der Waals surface area contributed by atoms with E-state index in [9.17, 15) is 9.59 Å². The quantitative estimate of drug-likeness (QED) is 0.808. The van der Waals surface area contributed by atoms with E-state index < -0.39 is 5.54 Å². The van der Waals surface area contributed by atoms with Crippen LogP contribution in [0.4, 0.5) is 0 Å². The second kappa shape index (κ2) is 5.47. The van der Waals surface area contributed by atoms with E-state index in [4.69, 9.17) is 5.73 Å². The van der Waals surface area contributed by atoms with E-state index in [1.807, 2.05) is 20.8 Å². The Morgan fingerprint density at radius 3 is 2.05 bits per heavy atom. The molecule has 2 fully saturated rings. The second-order valence-corrected chi connectivity index (χ2v) is 7.25. The Kier molecular flexibility index (Phi) is 4.24. The minimum absolute atomic E-state index is 0.00944. The van der Waals surface area contributed by atoms with Gasteiger partial charge in [0.15, 0.2) is 0 Å². The second-order valence-electron chi connectivity index (χ2n) is 7.25. The number of carbonyl (C=O) groups is 2. The molecule has 1 spiro atoms. The van der Waals surface area contributed by atoms with Crippen LogP contribution in [0.2, 0.25) is 0 Å². The zero-order valence-corrected chi connectivity index (χ0v) is 13.1. The van der Waals surface area contributed by atoms with E-state index in [1.165, 1.54) is 11.3 Å². The van der Waals surface area contributed by atoms with Crippen molar-refractivity contribution in [2.75, 3.05) is 6.54 Å². The maximum atomic E-state index is 12.6. The number of carbonyl (C=O) groups excluding carboxylic acids is 2. The number of piperidine rings is 1. The van der Waals surface area contributed by atoms with Gasteiger partial charge in [-0.2, -0.15) is 0 Å². The van der Waals surface area contributed by atoms with Gasteiger partial charge in [-0.05, 0) is 31.1 Å². The molecule has 1 aliphatic carbocycles. The monoisotopic (exact) mass is 280 g/mol. The molecule has 0 aromatic rings. The van der Waals surface area contributed by atoms with Crippen LogP contribution in [0.15, 0.2) is 0 Å². The molecule has 4 heteroatoms. The topological polar surface area (TPSA) is 63.4 Å². The molecule has 0 aromatic carbocycles. The highest BCUT2D eigenvalue weighted by Gasteiger charge is 2.50. The number of hydrogen-bond donors (Lipinski definition) is 1. The molecule has 0 aromatic heterocycles. The molecule has 1 unspecified atom stereocenters. The standard InChI is InChI=1S/C16H28N2O2/c1-12(2)15(3,11-17)18-13(19)9-16(10-14(18)20)7-5-4-6-8-16/h12H,4-11,17H2,1-3H3. The van der Waals surface area contributed by atoms with Crippen molar-refractivity contribution in [2.45, 2.75) is 71.3 Å². The van der Waals surface area contributed by atoms with Gasteiger partial charge in [-0.3, -0.25) is 14.5 Å². The largest absolute Gasteiger partial charge is 0.328 e. The number of nitrogens with zero attached hydrogens (tertiary/aromatic N) is 1. The fourth-order valence-corrected chi connectivity index (χ4v) is 3.81. The summed E-state index contributed by atoms with van der Waals surface area (Å²) in [7, 11) is 0. The van der Waals surface area contributed by atoms with Crippen LogP contribution in [0.5, 0.6) is 0 Å². The van der Waals surface area contributed by atoms with Crippen molar-refractivity contribution < 1.29 is 9.59 Å². The van der Waals surface area contributed by atoms with Crippen molar-refractivity contribution >= 4 is 11.8 Å². The molecule has 1 saturated heterocycles. The number of nitrogens with two attached hydrogens (primary N) is 1. The zero-order chi connectivity index (χ0) is 15.0. The SMILES string of the molecule is CC(C)C(C)(CN)N1C(=O)CC2(CCCCC2)CC1=O. The molecule has 2 rings (SSSR count). The van der Waals surface area contributed by atoms with Crippen molar-refractivity contribution in [3.8, 4) is 0 Å². The molecule has 20 heavy (non-hydrogen) atoms. The van der Waals surface area contributed by atoms with Crippen molar-refractivity contribution in [1.82, 2.24) is 4.90 Å². The van der Waals surface area contributed by atoms with Crippen LogP contribution in [-0.2, 0) is 9.59 Å². The smallest absolute Gasteiger partial charge is 0.230 e. The minimum atomic E-state index is -0.551. The Balaban J connectivity index is 2.23. The highest BCUT2D eigenvalue weighted by atomic mass is 16.2. The lowest BCUT2D eigenvalue weighted by Crippen LogP contribution is -2.63. The molecule has 1 heterocycles. The summed E-state index contributed by atoms with van der Waals surface area (Å²) in [5.41, 5.74) is 5.29. The molecule has 4 nitrogen and oxygen atoms in total. The number of rotatable bonds is 3. The maximum Gasteiger partial charge on any atom is 0.230 e. The summed E-state index contributed by atoms with van der Waals surface area (Å²) < 4.78 is 0. The van der Waals surface area contributed by atoms with E-state index in [-0.39, 0.29) is 23.1 Å². The maximum absolute atomic E-state index is 12.6. The van der Waals surface area contributed by atoms with E-state index in [1.54, 1.807) is 0 Å². The molecule has 2 aliphatic rings. The van der Waals surface area contributed by atoms with Crippen LogP contribution >= 0.6 is 0 Å². The van der Waals surface area contributed by atoms with Gasteiger partial charge in [-0.25, -0.2) is 0 Å². The van der Waals surface area contributed by atoms with E-state index in [0.29, 0.717) is 19.4 Å². The van der Waals surface area contributed by atoms with E-state index >= 15 is 0 Å². The summed E-state index contributed by atoms with van der Waals surface area (Å²) in [4.78, 5) is 26.8. The third kappa shape index (κ3) is 2.50. The van der Waals surface area contributed by atoms with Gasteiger partial charge in [0.2, 0.25) is 11.8 Å². The molecule has 2 amide bonds. The predicted molar refractivity (Wildman–Crippen MR) is 78.9 cm³/mol. The molecule has 0 radical (unpaired) electrons. The lowest BCUT2D eigenvalue weighted by atomic mass is 9.66. The molecular weight excluding hydrogens is 252 g/mol. The lowest BCUT2D eigenvalue weighted by Gasteiger charge is -2.49. The van der Waals surface area contributed by atoms with Gasteiger partial charge in [0.1, 0.15) is 0 Å². The van der Waals surface area contributed by atoms with Gasteiger partial charge in [-0.15, -0.1) is 0 Å². The summed E-state index contributed by atoms with van der Waals surface area (Å²) in [5, 5.41) is 0. The fourth-order valence-electron chi connectivity index (χ4n) is 3.81. The summed E-state index contributed by atoms with van der Waals surface area (Å²) in [6, 6.07) is 0. The summed E-state index contributed by atoms with van der Waals surface area (Å²) in [6.07, 6.45) is 6.65. The molecule has 0 bridgehead atoms. The Labute approximate surface area is 122 Å². The minimum Gasteiger partial charge on any atom is -0.328 e. The first-order chi connectivity index (χ1) is 9.34. The highest BCUT2D eigenvalue weighted by Crippen LogP contribution is 2.46. The first-order valence-corrected chi connectivity index (χ1v) is 7.91. The number of amides is 2. The van der Waals surface area contributed by atoms with E-state index in [2.05, 4.69) is 0 Å². The molecule has 1 saturated carbocycles. The van der Waals surface area contributed by atoms with Crippen LogP contribution in [0.3, 0.4) is 0 Å². The van der Waals surface area contributed by atoms with Crippen LogP contribution in [0, 0.1) is 11.3 Å². The highest BCUT2D eigenvalue weighted by molar-refractivity contribution is 5.99. The predicted octanol–water partition coefficient (Wildman–Crippen LogP) is 2.46. The molecular formula is C16H28N2O2. The van der Waals surface area contributed by atoms with Gasteiger partial charge in [-0.1, -0.05) is 33.1 Å². The van der Waals surface area contributed by atoms with Gasteiger partial charge in [0, 0.05) is 19.4 Å². The first-order valence-electron chi connectivity index (χ1n) is 7.91. The Bertz CT molecular complexity index is 379. The van der Waals surface area contributed by atoms with Crippen molar-refractivity contribution in [1.29, 1.82) is 0 Å². The summed E-state index contributed by atoms with van der Waals surface area (Å²) in [5.74, 6) is 0.149. The van der Waals surface area contributed by atoms with Crippen molar-refractivity contribution in [3.63, 3.8) is 0 Å². The van der Waals surface area contributed by atoms with Crippen LogP contribution in [0.25, 0.3) is 0 Å². The molecule has 1 aliphatic heterocycles. The Morgan fingerprint density at radius 1 is 1.15 bits per heavy atom. The summed E-state index contributed by atoms with van der Waals surface area (Å²) >= 11 is 0. The zero-order valence-electron chi connectivity index (χ0n) is 13.1. The normalized spacial score (nSPS) is 26.1. The van der Waals surface area contributed by atoms with Gasteiger partial charge < -0.3 is 5.73 Å². The number of imide groups is 1. The number of hydrogen-bond acceptors (Lipinski definition) is 3. The molecule has 1 atom stereocenters. The van der Waals surface area contributed by atoms with Crippen LogP contribution in [0.1, 0.15) is 65.7 Å². The Hall–Kier alpha value is -0.900. The van der Waals surface area contributed by atoms with E-state index in [0.717, 1.165) is 25.7 Å². The lowest BCUT2D eigenvalue weighted by molar-refractivity contribution is -0.163.